The fourth-order valence-corrected chi connectivity index (χ4v) is 3.70. The Kier molecular flexibility index (Phi) is 4.90. The van der Waals surface area contributed by atoms with Crippen molar-refractivity contribution < 1.29 is 9.53 Å². The summed E-state index contributed by atoms with van der Waals surface area (Å²) >= 11 is 0. The Morgan fingerprint density at radius 1 is 1.08 bits per heavy atom. The van der Waals surface area contributed by atoms with Crippen LogP contribution in [0.4, 0.5) is 0 Å². The van der Waals surface area contributed by atoms with Crippen LogP contribution in [0.5, 0.6) is 0 Å². The van der Waals surface area contributed by atoms with Gasteiger partial charge >= 0.3 is 5.97 Å². The third-order valence-corrected chi connectivity index (χ3v) is 4.91. The van der Waals surface area contributed by atoms with Crippen LogP contribution in [-0.2, 0) is 9.53 Å². The van der Waals surface area contributed by atoms with Gasteiger partial charge in [-0.05, 0) is 28.7 Å². The first-order valence-electron chi connectivity index (χ1n) is 8.08. The summed E-state index contributed by atoms with van der Waals surface area (Å²) in [5.41, 5.74) is 4.98. The second kappa shape index (κ2) is 6.93. The molecule has 2 N–H and O–H groups in total. The van der Waals surface area contributed by atoms with E-state index in [0.29, 0.717) is 13.2 Å². The Morgan fingerprint density at radius 3 is 2.21 bits per heavy atom. The molecule has 0 bridgehead atoms. The lowest BCUT2D eigenvalue weighted by Gasteiger charge is -2.16. The standard InChI is InChI=1S/C19H20N2O2.ClH/c20-21-10-9-13(11-21)19(22)23-12-18-16-7-3-1-5-14(16)15-6-2-4-8-17(15)18;/h1-8,13,18H,9-12,20H2;1H/t13-;/m0./s1. The summed E-state index contributed by atoms with van der Waals surface area (Å²) in [6, 6.07) is 16.7. The van der Waals surface area contributed by atoms with Gasteiger partial charge in [0.05, 0.1) is 5.92 Å². The summed E-state index contributed by atoms with van der Waals surface area (Å²) in [6.07, 6.45) is 0.785. The first-order valence-corrected chi connectivity index (χ1v) is 8.08. The lowest BCUT2D eigenvalue weighted by Crippen LogP contribution is -2.30. The van der Waals surface area contributed by atoms with Gasteiger partial charge in [0.25, 0.3) is 0 Å². The normalized spacial score (nSPS) is 19.5. The van der Waals surface area contributed by atoms with Crippen molar-refractivity contribution in [2.24, 2.45) is 11.8 Å². The molecule has 1 heterocycles. The summed E-state index contributed by atoms with van der Waals surface area (Å²) in [5.74, 6) is 5.64. The van der Waals surface area contributed by atoms with Crippen LogP contribution in [-0.4, -0.2) is 30.7 Å². The fourth-order valence-electron chi connectivity index (χ4n) is 3.70. The molecule has 1 atom stereocenters. The molecule has 2 aromatic rings. The highest BCUT2D eigenvalue weighted by atomic mass is 35.5. The molecule has 4 rings (SSSR count). The predicted molar refractivity (Wildman–Crippen MR) is 95.8 cm³/mol. The zero-order valence-corrected chi connectivity index (χ0v) is 14.2. The molecule has 0 amide bonds. The third kappa shape index (κ3) is 2.93. The van der Waals surface area contributed by atoms with Gasteiger partial charge in [-0.3, -0.25) is 10.6 Å². The van der Waals surface area contributed by atoms with Crippen molar-refractivity contribution in [2.45, 2.75) is 12.3 Å². The predicted octanol–water partition coefficient (Wildman–Crippen LogP) is 2.96. The number of ether oxygens (including phenoxy) is 1. The zero-order chi connectivity index (χ0) is 15.8. The van der Waals surface area contributed by atoms with Crippen LogP contribution in [0.15, 0.2) is 48.5 Å². The summed E-state index contributed by atoms with van der Waals surface area (Å²) < 4.78 is 5.65. The molecule has 1 aliphatic heterocycles. The average Bonchev–Trinajstić information content (AvgIpc) is 3.15. The van der Waals surface area contributed by atoms with E-state index in [-0.39, 0.29) is 30.2 Å². The maximum absolute atomic E-state index is 12.3. The van der Waals surface area contributed by atoms with Crippen molar-refractivity contribution >= 4 is 18.4 Å². The molecule has 0 unspecified atom stereocenters. The molecule has 24 heavy (non-hydrogen) atoms. The van der Waals surface area contributed by atoms with Gasteiger partial charge < -0.3 is 4.74 Å². The van der Waals surface area contributed by atoms with Crippen molar-refractivity contribution in [2.75, 3.05) is 19.7 Å². The lowest BCUT2D eigenvalue weighted by molar-refractivity contribution is -0.148. The summed E-state index contributed by atoms with van der Waals surface area (Å²) in [7, 11) is 0. The molecule has 5 heteroatoms. The van der Waals surface area contributed by atoms with Crippen molar-refractivity contribution in [1.82, 2.24) is 5.01 Å². The van der Waals surface area contributed by atoms with Gasteiger partial charge in [-0.2, -0.15) is 0 Å². The fraction of sp³-hybridized carbons (Fsp3) is 0.316. The number of benzene rings is 2. The number of carbonyl (C=O) groups is 1. The van der Waals surface area contributed by atoms with Gasteiger partial charge in [-0.1, -0.05) is 48.5 Å². The molecule has 0 spiro atoms. The number of carbonyl (C=O) groups excluding carboxylic acids is 1. The van der Waals surface area contributed by atoms with Crippen LogP contribution in [0.25, 0.3) is 11.1 Å². The Bertz CT molecular complexity index is 704. The van der Waals surface area contributed by atoms with Crippen molar-refractivity contribution in [3.05, 3.63) is 59.7 Å². The van der Waals surface area contributed by atoms with Crippen LogP contribution in [0.2, 0.25) is 0 Å². The van der Waals surface area contributed by atoms with E-state index in [9.17, 15) is 4.79 Å². The van der Waals surface area contributed by atoms with E-state index in [1.807, 2.05) is 12.1 Å². The van der Waals surface area contributed by atoms with Crippen molar-refractivity contribution in [1.29, 1.82) is 0 Å². The van der Waals surface area contributed by atoms with Gasteiger partial charge in [0.1, 0.15) is 6.61 Å². The zero-order valence-electron chi connectivity index (χ0n) is 13.4. The molecule has 0 radical (unpaired) electrons. The molecule has 4 nitrogen and oxygen atoms in total. The Hall–Kier alpha value is -1.88. The number of hydrazine groups is 1. The highest BCUT2D eigenvalue weighted by Crippen LogP contribution is 2.44. The first-order chi connectivity index (χ1) is 11.2. The molecule has 2 aromatic carbocycles. The monoisotopic (exact) mass is 344 g/mol. The number of hydrogen-bond donors (Lipinski definition) is 1. The van der Waals surface area contributed by atoms with Crippen LogP contribution in [0.3, 0.4) is 0 Å². The highest BCUT2D eigenvalue weighted by molar-refractivity contribution is 5.85. The van der Waals surface area contributed by atoms with E-state index < -0.39 is 0 Å². The van der Waals surface area contributed by atoms with Gasteiger partial charge in [-0.25, -0.2) is 5.01 Å². The highest BCUT2D eigenvalue weighted by Gasteiger charge is 2.32. The number of esters is 1. The quantitative estimate of drug-likeness (QED) is 0.687. The first kappa shape index (κ1) is 17.0. The largest absolute Gasteiger partial charge is 0.464 e. The Labute approximate surface area is 148 Å². The average molecular weight is 345 g/mol. The summed E-state index contributed by atoms with van der Waals surface area (Å²) in [4.78, 5) is 12.3. The molecule has 0 aromatic heterocycles. The van der Waals surface area contributed by atoms with Crippen LogP contribution in [0, 0.1) is 5.92 Å². The molecule has 2 aliphatic rings. The van der Waals surface area contributed by atoms with Crippen molar-refractivity contribution in [3.8, 4) is 11.1 Å². The molecule has 1 aliphatic carbocycles. The summed E-state index contributed by atoms with van der Waals surface area (Å²) in [6.45, 7) is 1.75. The second-order valence-electron chi connectivity index (χ2n) is 6.34. The molecular weight excluding hydrogens is 324 g/mol. The van der Waals surface area contributed by atoms with E-state index in [4.69, 9.17) is 10.6 Å². The van der Waals surface area contributed by atoms with Crippen molar-refractivity contribution in [3.63, 3.8) is 0 Å². The van der Waals surface area contributed by atoms with E-state index >= 15 is 0 Å². The minimum atomic E-state index is -0.125. The molecule has 126 valence electrons. The topological polar surface area (TPSA) is 55.6 Å². The SMILES string of the molecule is Cl.NN1CC[C@H](C(=O)OCC2c3ccccc3-c3ccccc32)C1. The number of nitrogens with two attached hydrogens (primary N) is 1. The van der Waals surface area contributed by atoms with Gasteiger partial charge in [0.2, 0.25) is 0 Å². The lowest BCUT2D eigenvalue weighted by atomic mass is 9.98. The smallest absolute Gasteiger partial charge is 0.310 e. The second-order valence-corrected chi connectivity index (χ2v) is 6.34. The Morgan fingerprint density at radius 2 is 1.67 bits per heavy atom. The van der Waals surface area contributed by atoms with Gasteiger partial charge in [0, 0.05) is 19.0 Å². The number of hydrogen-bond acceptors (Lipinski definition) is 4. The van der Waals surface area contributed by atoms with Crippen LogP contribution < -0.4 is 5.84 Å². The number of rotatable bonds is 3. The molecule has 1 fully saturated rings. The number of halogens is 1. The van der Waals surface area contributed by atoms with Crippen LogP contribution >= 0.6 is 12.4 Å². The molecule has 0 saturated carbocycles. The third-order valence-electron chi connectivity index (χ3n) is 4.91. The Balaban J connectivity index is 0.00000169. The van der Waals surface area contributed by atoms with E-state index in [1.54, 1.807) is 5.01 Å². The molecule has 1 saturated heterocycles. The van der Waals surface area contributed by atoms with E-state index in [2.05, 4.69) is 36.4 Å². The van der Waals surface area contributed by atoms with Gasteiger partial charge in [0.15, 0.2) is 0 Å². The number of nitrogens with zero attached hydrogens (tertiary/aromatic N) is 1. The number of fused-ring (bicyclic) bond motifs is 3. The molecular formula is C19H21ClN2O2. The maximum Gasteiger partial charge on any atom is 0.310 e. The minimum Gasteiger partial charge on any atom is -0.464 e. The summed E-state index contributed by atoms with van der Waals surface area (Å²) in [5, 5.41) is 1.69. The minimum absolute atomic E-state index is 0. The van der Waals surface area contributed by atoms with E-state index in [1.165, 1.54) is 22.3 Å². The van der Waals surface area contributed by atoms with E-state index in [0.717, 1.165) is 13.0 Å². The van der Waals surface area contributed by atoms with Crippen LogP contribution in [0.1, 0.15) is 23.5 Å². The van der Waals surface area contributed by atoms with Gasteiger partial charge in [-0.15, -0.1) is 12.4 Å². The maximum atomic E-state index is 12.3.